The van der Waals surface area contributed by atoms with Gasteiger partial charge in [0.25, 0.3) is 15.7 Å². The van der Waals surface area contributed by atoms with Gasteiger partial charge in [-0.3, -0.25) is 15.1 Å². The molecule has 0 aliphatic carbocycles. The summed E-state index contributed by atoms with van der Waals surface area (Å²) in [5.41, 5.74) is 5.96. The number of hydrogen-bond donors (Lipinski definition) is 1. The first-order valence-electron chi connectivity index (χ1n) is 8.09. The molecule has 2 N–H and O–H groups in total. The number of non-ortho nitro benzene ring substituents is 1. The molecule has 9 nitrogen and oxygen atoms in total. The summed E-state index contributed by atoms with van der Waals surface area (Å²) in [7, 11) is -4.22. The monoisotopic (exact) mass is 466 g/mol. The zero-order valence-electron chi connectivity index (χ0n) is 14.9. The lowest BCUT2D eigenvalue weighted by Gasteiger charge is -2.11. The van der Waals surface area contributed by atoms with E-state index in [9.17, 15) is 18.5 Å². The zero-order valence-corrected chi connectivity index (χ0v) is 17.2. The van der Waals surface area contributed by atoms with Crippen molar-refractivity contribution in [2.75, 3.05) is 0 Å². The smallest absolute Gasteiger partial charge is 0.284 e. The van der Waals surface area contributed by atoms with Gasteiger partial charge in [-0.2, -0.15) is 8.42 Å². The van der Waals surface area contributed by atoms with E-state index < -0.39 is 14.9 Å². The van der Waals surface area contributed by atoms with Gasteiger partial charge in [-0.15, -0.1) is 4.40 Å². The molecule has 0 spiro atoms. The second kappa shape index (κ2) is 8.66. The molecule has 0 radical (unpaired) electrons. The molecule has 0 saturated heterocycles. The Morgan fingerprint density at radius 2 is 1.77 bits per heavy atom. The van der Waals surface area contributed by atoms with Crippen molar-refractivity contribution < 1.29 is 18.1 Å². The third-order valence-electron chi connectivity index (χ3n) is 3.71. The van der Waals surface area contributed by atoms with E-state index >= 15 is 0 Å². The molecule has 0 aliphatic heterocycles. The Balaban J connectivity index is 1.91. The van der Waals surface area contributed by atoms with Crippen LogP contribution in [0.3, 0.4) is 0 Å². The number of nitrogens with zero attached hydrogens (tertiary/aromatic N) is 3. The molecule has 3 aromatic rings. The van der Waals surface area contributed by atoms with E-state index in [-0.39, 0.29) is 38.0 Å². The van der Waals surface area contributed by atoms with Gasteiger partial charge in [-0.25, -0.2) is 0 Å². The van der Waals surface area contributed by atoms with Crippen LogP contribution in [0.15, 0.2) is 70.2 Å². The lowest BCUT2D eigenvalue weighted by molar-refractivity contribution is -0.384. The summed E-state index contributed by atoms with van der Waals surface area (Å²) in [4.78, 5) is 13.7. The summed E-state index contributed by atoms with van der Waals surface area (Å²) < 4.78 is 34.3. The maximum absolute atomic E-state index is 12.6. The van der Waals surface area contributed by atoms with Crippen LogP contribution in [0.5, 0.6) is 11.5 Å². The minimum atomic E-state index is -4.22. The molecule has 154 valence electrons. The molecular formula is C18H12Cl2N4O5S. The molecule has 1 aromatic heterocycles. The van der Waals surface area contributed by atoms with Crippen molar-refractivity contribution in [2.45, 2.75) is 4.90 Å². The Bertz CT molecular complexity index is 1210. The number of nitro benzene ring substituents is 1. The minimum Gasteiger partial charge on any atom is -0.454 e. The van der Waals surface area contributed by atoms with E-state index in [0.717, 1.165) is 12.1 Å². The fourth-order valence-corrected chi connectivity index (χ4v) is 3.98. The normalized spacial score (nSPS) is 11.9. The number of amidine groups is 1. The first-order chi connectivity index (χ1) is 14.2. The molecule has 0 aliphatic rings. The number of benzene rings is 2. The number of nitro groups is 1. The van der Waals surface area contributed by atoms with E-state index in [4.69, 9.17) is 33.7 Å². The van der Waals surface area contributed by atoms with Crippen LogP contribution in [0.25, 0.3) is 0 Å². The lowest BCUT2D eigenvalue weighted by Crippen LogP contribution is -2.16. The molecule has 30 heavy (non-hydrogen) atoms. The Hall–Kier alpha value is -3.21. The van der Waals surface area contributed by atoms with Gasteiger partial charge in [-0.05, 0) is 36.4 Å². The molecule has 0 unspecified atom stereocenters. The maximum atomic E-state index is 12.6. The van der Waals surface area contributed by atoms with Crippen LogP contribution >= 0.6 is 23.2 Å². The van der Waals surface area contributed by atoms with Gasteiger partial charge < -0.3 is 10.5 Å². The van der Waals surface area contributed by atoms with Crippen molar-refractivity contribution in [2.24, 2.45) is 10.1 Å². The number of hydrogen-bond acceptors (Lipinski definition) is 6. The number of nitrogens with two attached hydrogens (primary N) is 1. The van der Waals surface area contributed by atoms with Crippen molar-refractivity contribution in [1.29, 1.82) is 0 Å². The summed E-state index contributed by atoms with van der Waals surface area (Å²) in [5.74, 6) is -0.0456. The van der Waals surface area contributed by atoms with E-state index in [1.807, 2.05) is 0 Å². The average molecular weight is 467 g/mol. The number of ether oxygens (including phenoxy) is 1. The Kier molecular flexibility index (Phi) is 6.20. The van der Waals surface area contributed by atoms with Gasteiger partial charge in [0.1, 0.15) is 11.6 Å². The third-order valence-corrected chi connectivity index (χ3v) is 5.54. The molecule has 1 heterocycles. The van der Waals surface area contributed by atoms with E-state index in [1.165, 1.54) is 36.7 Å². The molecule has 0 atom stereocenters. The second-order valence-electron chi connectivity index (χ2n) is 5.76. The van der Waals surface area contributed by atoms with Crippen molar-refractivity contribution in [3.05, 3.63) is 86.6 Å². The summed E-state index contributed by atoms with van der Waals surface area (Å²) in [6.07, 6.45) is 2.88. The van der Waals surface area contributed by atoms with Crippen molar-refractivity contribution in [3.63, 3.8) is 0 Å². The van der Waals surface area contributed by atoms with Gasteiger partial charge in [0.2, 0.25) is 0 Å². The predicted octanol–water partition coefficient (Wildman–Crippen LogP) is 4.18. The van der Waals surface area contributed by atoms with Crippen LogP contribution in [0.2, 0.25) is 10.0 Å². The lowest BCUT2D eigenvalue weighted by atomic mass is 10.3. The number of pyridine rings is 1. The molecule has 3 rings (SSSR count). The van der Waals surface area contributed by atoms with Crippen LogP contribution in [-0.2, 0) is 10.0 Å². The summed E-state index contributed by atoms with van der Waals surface area (Å²) >= 11 is 12.3. The van der Waals surface area contributed by atoms with Crippen LogP contribution in [0.1, 0.15) is 5.56 Å². The molecule has 0 amide bonds. The fraction of sp³-hybridized carbons (Fsp3) is 0. The quantitative estimate of drug-likeness (QED) is 0.248. The summed E-state index contributed by atoms with van der Waals surface area (Å²) in [6, 6.07) is 10.6. The van der Waals surface area contributed by atoms with Crippen LogP contribution in [0.4, 0.5) is 5.69 Å². The highest BCUT2D eigenvalue weighted by Crippen LogP contribution is 2.39. The fourth-order valence-electron chi connectivity index (χ4n) is 2.29. The summed E-state index contributed by atoms with van der Waals surface area (Å²) in [6.45, 7) is 0. The maximum Gasteiger partial charge on any atom is 0.284 e. The first kappa shape index (κ1) is 21.5. The standard InChI is InChI=1S/C18H12Cl2N4O5S/c19-15-8-14(30(27,28)23-18(21)11-2-1-7-22-10-11)9-16(20)17(15)29-13-5-3-12(4-6-13)24(25)26/h1-10H,(H2,21,23). The third kappa shape index (κ3) is 4.85. The number of sulfonamides is 1. The first-order valence-corrected chi connectivity index (χ1v) is 10.3. The van der Waals surface area contributed by atoms with Crippen LogP contribution in [-0.4, -0.2) is 24.2 Å². The average Bonchev–Trinajstić information content (AvgIpc) is 2.71. The molecule has 2 aromatic carbocycles. The van der Waals surface area contributed by atoms with Gasteiger partial charge >= 0.3 is 0 Å². The van der Waals surface area contributed by atoms with Crippen LogP contribution < -0.4 is 10.5 Å². The predicted molar refractivity (Wildman–Crippen MR) is 112 cm³/mol. The van der Waals surface area contributed by atoms with Crippen LogP contribution in [0, 0.1) is 10.1 Å². The zero-order chi connectivity index (χ0) is 21.9. The Labute approximate surface area is 180 Å². The SMILES string of the molecule is NC(=NS(=O)(=O)c1cc(Cl)c(Oc2ccc([N+](=O)[O-])cc2)c(Cl)c1)c1cccnc1. The number of aromatic nitrogens is 1. The highest BCUT2D eigenvalue weighted by Gasteiger charge is 2.20. The largest absolute Gasteiger partial charge is 0.454 e. The molecule has 12 heteroatoms. The number of halogens is 2. The number of rotatable bonds is 6. The second-order valence-corrected chi connectivity index (χ2v) is 8.18. The Morgan fingerprint density at radius 3 is 2.30 bits per heavy atom. The summed E-state index contributed by atoms with van der Waals surface area (Å²) in [5, 5.41) is 10.5. The molecule has 0 saturated carbocycles. The highest BCUT2D eigenvalue weighted by atomic mass is 35.5. The van der Waals surface area contributed by atoms with E-state index in [0.29, 0.717) is 5.56 Å². The van der Waals surface area contributed by atoms with Gasteiger partial charge in [0.15, 0.2) is 5.75 Å². The Morgan fingerprint density at radius 1 is 1.13 bits per heavy atom. The highest BCUT2D eigenvalue weighted by molar-refractivity contribution is 7.90. The molecule has 0 bridgehead atoms. The molecule has 0 fully saturated rings. The minimum absolute atomic E-state index is 0.0182. The van der Waals surface area contributed by atoms with Gasteiger partial charge in [0, 0.05) is 30.1 Å². The van der Waals surface area contributed by atoms with Crippen molar-refractivity contribution >= 4 is 44.7 Å². The van der Waals surface area contributed by atoms with Gasteiger partial charge in [-0.1, -0.05) is 23.2 Å². The van der Waals surface area contributed by atoms with Gasteiger partial charge in [0.05, 0.1) is 19.9 Å². The van der Waals surface area contributed by atoms with Crippen molar-refractivity contribution in [1.82, 2.24) is 4.98 Å². The topological polar surface area (TPSA) is 138 Å². The van der Waals surface area contributed by atoms with E-state index in [1.54, 1.807) is 12.1 Å². The van der Waals surface area contributed by atoms with Crippen molar-refractivity contribution in [3.8, 4) is 11.5 Å². The van der Waals surface area contributed by atoms with E-state index in [2.05, 4.69) is 9.38 Å². The molecular weight excluding hydrogens is 455 g/mol.